The van der Waals surface area contributed by atoms with Gasteiger partial charge in [0.15, 0.2) is 11.5 Å². The second-order valence-electron chi connectivity index (χ2n) is 6.53. The molecule has 0 N–H and O–H groups in total. The molecule has 0 aliphatic rings. The van der Waals surface area contributed by atoms with Gasteiger partial charge in [-0.2, -0.15) is 0 Å². The summed E-state index contributed by atoms with van der Waals surface area (Å²) >= 11 is 5.49. The lowest BCUT2D eigenvalue weighted by molar-refractivity contribution is 0.107. The predicted molar refractivity (Wildman–Crippen MR) is 113 cm³/mol. The molecule has 0 saturated carbocycles. The minimum Gasteiger partial charge on any atom is -0.485 e. The maximum Gasteiger partial charge on any atom is 0.270 e. The van der Waals surface area contributed by atoms with Crippen molar-refractivity contribution in [3.63, 3.8) is 0 Å². The van der Waals surface area contributed by atoms with Gasteiger partial charge in [0.2, 0.25) is 0 Å². The molecule has 30 heavy (non-hydrogen) atoms. The number of nitrogens with zero attached hydrogens (tertiary/aromatic N) is 2. The van der Waals surface area contributed by atoms with Gasteiger partial charge in [-0.25, -0.2) is 4.98 Å². The molecule has 0 bridgehead atoms. The number of halogens is 1. The van der Waals surface area contributed by atoms with E-state index in [-0.39, 0.29) is 12.2 Å². The molecule has 0 atom stereocenters. The Hall–Kier alpha value is -3.64. The van der Waals surface area contributed by atoms with Crippen LogP contribution in [-0.2, 0) is 13.2 Å². The molecule has 2 aromatic heterocycles. The number of ether oxygens (including phenoxy) is 2. The van der Waals surface area contributed by atoms with Crippen molar-refractivity contribution in [2.24, 2.45) is 0 Å². The SMILES string of the molecule is O=C(Cl)c1cnc2cc(OCc3ccccc3)c(OCc3ccccc3)cn2c1=O. The highest BCUT2D eigenvalue weighted by Crippen LogP contribution is 2.29. The van der Waals surface area contributed by atoms with E-state index in [0.717, 1.165) is 11.1 Å². The molecular formula is C23H17ClN2O4. The number of benzene rings is 2. The Balaban J connectivity index is 1.71. The summed E-state index contributed by atoms with van der Waals surface area (Å²) in [5.74, 6) is 0.789. The highest BCUT2D eigenvalue weighted by Gasteiger charge is 2.15. The number of pyridine rings is 1. The lowest BCUT2D eigenvalue weighted by Crippen LogP contribution is -2.21. The van der Waals surface area contributed by atoms with E-state index < -0.39 is 10.8 Å². The van der Waals surface area contributed by atoms with Gasteiger partial charge in [-0.15, -0.1) is 0 Å². The first-order valence-electron chi connectivity index (χ1n) is 9.20. The Labute approximate surface area is 177 Å². The number of carbonyl (C=O) groups is 1. The largest absolute Gasteiger partial charge is 0.485 e. The minimum absolute atomic E-state index is 0.207. The van der Waals surface area contributed by atoms with Crippen molar-refractivity contribution in [2.75, 3.05) is 0 Å². The fraction of sp³-hybridized carbons (Fsp3) is 0.0870. The maximum absolute atomic E-state index is 12.6. The zero-order chi connectivity index (χ0) is 20.9. The van der Waals surface area contributed by atoms with Crippen molar-refractivity contribution < 1.29 is 14.3 Å². The van der Waals surface area contributed by atoms with Crippen molar-refractivity contribution in [2.45, 2.75) is 13.2 Å². The van der Waals surface area contributed by atoms with Crippen LogP contribution < -0.4 is 15.0 Å². The predicted octanol–water partition coefficient (Wildman–Crippen LogP) is 4.23. The third-order valence-electron chi connectivity index (χ3n) is 4.46. The van der Waals surface area contributed by atoms with E-state index in [4.69, 9.17) is 21.1 Å². The standard InChI is InChI=1S/C23H17ClN2O4/c24-22(27)18-12-25-21-11-19(29-14-16-7-3-1-4-8-16)20(13-26(21)23(18)28)30-15-17-9-5-2-6-10-17/h1-13H,14-15H2. The topological polar surface area (TPSA) is 69.9 Å². The normalized spacial score (nSPS) is 10.7. The summed E-state index contributed by atoms with van der Waals surface area (Å²) in [4.78, 5) is 28.3. The highest BCUT2D eigenvalue weighted by atomic mass is 35.5. The van der Waals surface area contributed by atoms with Crippen LogP contribution in [0.15, 0.2) is 83.9 Å². The van der Waals surface area contributed by atoms with Crippen LogP contribution in [0.2, 0.25) is 0 Å². The van der Waals surface area contributed by atoms with Gasteiger partial charge >= 0.3 is 0 Å². The van der Waals surface area contributed by atoms with Crippen LogP contribution in [0, 0.1) is 0 Å². The van der Waals surface area contributed by atoms with Crippen LogP contribution >= 0.6 is 11.6 Å². The van der Waals surface area contributed by atoms with Crippen molar-refractivity contribution >= 4 is 22.5 Å². The summed E-state index contributed by atoms with van der Waals surface area (Å²) in [6, 6.07) is 20.9. The average Bonchev–Trinajstić information content (AvgIpc) is 2.77. The second-order valence-corrected chi connectivity index (χ2v) is 6.87. The van der Waals surface area contributed by atoms with Gasteiger partial charge in [-0.1, -0.05) is 60.7 Å². The van der Waals surface area contributed by atoms with Crippen LogP contribution in [0.4, 0.5) is 0 Å². The first-order valence-corrected chi connectivity index (χ1v) is 9.58. The van der Waals surface area contributed by atoms with E-state index in [1.165, 1.54) is 16.8 Å². The fourth-order valence-corrected chi connectivity index (χ4v) is 3.04. The van der Waals surface area contributed by atoms with Gasteiger partial charge < -0.3 is 9.47 Å². The van der Waals surface area contributed by atoms with E-state index in [0.29, 0.717) is 23.8 Å². The molecule has 0 amide bonds. The number of fused-ring (bicyclic) bond motifs is 1. The summed E-state index contributed by atoms with van der Waals surface area (Å²) in [7, 11) is 0. The Morgan fingerprint density at radius 3 is 2.03 bits per heavy atom. The van der Waals surface area contributed by atoms with E-state index in [1.54, 1.807) is 6.07 Å². The number of aromatic nitrogens is 2. The molecule has 4 rings (SSSR count). The van der Waals surface area contributed by atoms with Gasteiger partial charge in [0.05, 0.1) is 6.20 Å². The van der Waals surface area contributed by atoms with Crippen molar-refractivity contribution in [1.82, 2.24) is 9.38 Å². The molecule has 7 heteroatoms. The van der Waals surface area contributed by atoms with Gasteiger partial charge in [0.25, 0.3) is 10.8 Å². The summed E-state index contributed by atoms with van der Waals surface area (Å²) in [5.41, 5.74) is 1.48. The Bertz CT molecular complexity index is 1240. The van der Waals surface area contributed by atoms with E-state index >= 15 is 0 Å². The molecule has 0 aliphatic carbocycles. The van der Waals surface area contributed by atoms with Crippen LogP contribution in [0.1, 0.15) is 21.5 Å². The highest BCUT2D eigenvalue weighted by molar-refractivity contribution is 6.67. The smallest absolute Gasteiger partial charge is 0.270 e. The Morgan fingerprint density at radius 1 is 0.900 bits per heavy atom. The molecule has 4 aromatic rings. The number of rotatable bonds is 7. The summed E-state index contributed by atoms with van der Waals surface area (Å²) < 4.78 is 13.1. The van der Waals surface area contributed by atoms with E-state index in [9.17, 15) is 9.59 Å². The molecule has 0 unspecified atom stereocenters. The molecule has 0 aliphatic heterocycles. The zero-order valence-electron chi connectivity index (χ0n) is 15.8. The Morgan fingerprint density at radius 2 is 1.47 bits per heavy atom. The van der Waals surface area contributed by atoms with Crippen molar-refractivity contribution in [1.29, 1.82) is 0 Å². The molecule has 0 spiro atoms. The van der Waals surface area contributed by atoms with Crippen molar-refractivity contribution in [3.8, 4) is 11.5 Å². The third-order valence-corrected chi connectivity index (χ3v) is 4.66. The molecule has 0 fully saturated rings. The van der Waals surface area contributed by atoms with Crippen LogP contribution in [0.3, 0.4) is 0 Å². The first kappa shape index (κ1) is 19.7. The molecule has 2 aromatic carbocycles. The molecule has 0 radical (unpaired) electrons. The van der Waals surface area contributed by atoms with E-state index in [2.05, 4.69) is 4.98 Å². The minimum atomic E-state index is -0.863. The molecule has 0 saturated heterocycles. The van der Waals surface area contributed by atoms with Crippen LogP contribution in [0.5, 0.6) is 11.5 Å². The van der Waals surface area contributed by atoms with Crippen LogP contribution in [0.25, 0.3) is 5.65 Å². The molecule has 150 valence electrons. The monoisotopic (exact) mass is 420 g/mol. The molecular weight excluding hydrogens is 404 g/mol. The quantitative estimate of drug-likeness (QED) is 0.418. The van der Waals surface area contributed by atoms with Gasteiger partial charge in [-0.05, 0) is 22.7 Å². The van der Waals surface area contributed by atoms with Crippen LogP contribution in [-0.4, -0.2) is 14.6 Å². The lowest BCUT2D eigenvalue weighted by Gasteiger charge is -2.15. The molecule has 2 heterocycles. The Kier molecular flexibility index (Phi) is 5.77. The number of hydrogen-bond acceptors (Lipinski definition) is 5. The zero-order valence-corrected chi connectivity index (χ0v) is 16.6. The average molecular weight is 421 g/mol. The van der Waals surface area contributed by atoms with Gasteiger partial charge in [0, 0.05) is 12.3 Å². The second kappa shape index (κ2) is 8.80. The number of hydrogen-bond donors (Lipinski definition) is 0. The van der Waals surface area contributed by atoms with Gasteiger partial charge in [-0.3, -0.25) is 14.0 Å². The van der Waals surface area contributed by atoms with Gasteiger partial charge in [0.1, 0.15) is 24.4 Å². The summed E-state index contributed by atoms with van der Waals surface area (Å²) in [5, 5.41) is -0.863. The third kappa shape index (κ3) is 4.34. The fourth-order valence-electron chi connectivity index (χ4n) is 2.91. The first-order chi connectivity index (χ1) is 14.6. The maximum atomic E-state index is 12.6. The van der Waals surface area contributed by atoms with Crippen molar-refractivity contribution in [3.05, 3.63) is 106 Å². The summed E-state index contributed by atoms with van der Waals surface area (Å²) in [6.07, 6.45) is 2.63. The number of carbonyl (C=O) groups excluding carboxylic acids is 1. The lowest BCUT2D eigenvalue weighted by atomic mass is 10.2. The summed E-state index contributed by atoms with van der Waals surface area (Å²) in [6.45, 7) is 0.603. The van der Waals surface area contributed by atoms with E-state index in [1.807, 2.05) is 60.7 Å². The molecule has 6 nitrogen and oxygen atoms in total.